The monoisotopic (exact) mass is 1180 g/mol. The van der Waals surface area contributed by atoms with Crippen molar-refractivity contribution in [3.05, 3.63) is 189 Å². The number of carbonyl (C=O) groups excluding carboxylic acids is 3. The Morgan fingerprint density at radius 2 is 0.942 bits per heavy atom. The van der Waals surface area contributed by atoms with Crippen molar-refractivity contribution >= 4 is 18.0 Å². The molecular weight excluding hydrogens is 1110 g/mol. The lowest BCUT2D eigenvalue weighted by atomic mass is 9.77. The molecule has 450 valence electrons. The number of nitrogens with one attached hydrogen (secondary N) is 1. The molecule has 20 heteroatoms. The maximum atomic E-state index is 13.6. The number of alkyl carbamates (subject to hydrolysis) is 1. The molecule has 7 aromatic rings. The van der Waals surface area contributed by atoms with E-state index < -0.39 is 34.8 Å². The minimum absolute atomic E-state index is 0.00367. The lowest BCUT2D eigenvalue weighted by Gasteiger charge is -2.36. The third-order valence-electron chi connectivity index (χ3n) is 14.1. The molecule has 1 amide bonds. The topological polar surface area (TPSA) is 250 Å². The number of nitrogens with two attached hydrogens (primary N) is 1. The average molecular weight is 1180 g/mol. The number of amides is 1. The number of hydrogen-bond acceptors (Lipinski definition) is 19. The van der Waals surface area contributed by atoms with Gasteiger partial charge in [-0.2, -0.15) is 0 Å². The third-order valence-corrected chi connectivity index (χ3v) is 14.1. The molecule has 7 aromatic carbocycles. The molecule has 5 N–H and O–H groups in total. The fourth-order valence-corrected chi connectivity index (χ4v) is 10.3. The Morgan fingerprint density at radius 3 is 1.45 bits per heavy atom. The number of fused-ring (bicyclic) bond motifs is 12. The summed E-state index contributed by atoms with van der Waals surface area (Å²) in [5, 5.41) is 22.6. The summed E-state index contributed by atoms with van der Waals surface area (Å²) >= 11 is 0. The molecule has 0 saturated heterocycles. The van der Waals surface area contributed by atoms with E-state index in [0.29, 0.717) is 158 Å². The van der Waals surface area contributed by atoms with Gasteiger partial charge in [0.2, 0.25) is 0 Å². The van der Waals surface area contributed by atoms with Crippen LogP contribution in [0.1, 0.15) is 86.0 Å². The summed E-state index contributed by atoms with van der Waals surface area (Å²) in [4.78, 5) is 38.3. The summed E-state index contributed by atoms with van der Waals surface area (Å²) in [5.41, 5.74) is 9.00. The van der Waals surface area contributed by atoms with Gasteiger partial charge in [0.1, 0.15) is 82.9 Å². The van der Waals surface area contributed by atoms with Gasteiger partial charge < -0.3 is 82.8 Å². The molecule has 4 aliphatic rings. The first-order valence-electron chi connectivity index (χ1n) is 28.1. The van der Waals surface area contributed by atoms with Crippen molar-refractivity contribution in [2.24, 2.45) is 5.73 Å². The number of benzene rings is 7. The molecule has 0 radical (unpaired) electrons. The van der Waals surface area contributed by atoms with Gasteiger partial charge in [-0.3, -0.25) is 0 Å². The van der Waals surface area contributed by atoms with Crippen LogP contribution in [0.15, 0.2) is 133 Å². The van der Waals surface area contributed by atoms with Crippen LogP contribution in [0.2, 0.25) is 0 Å². The van der Waals surface area contributed by atoms with E-state index in [1.54, 1.807) is 43.5 Å². The second-order valence-electron chi connectivity index (χ2n) is 21.3. The molecular formula is C66H68N2O18. The van der Waals surface area contributed by atoms with Gasteiger partial charge in [-0.15, -0.1) is 0 Å². The molecule has 0 aromatic heterocycles. The highest BCUT2D eigenvalue weighted by molar-refractivity contribution is 5.98. The Morgan fingerprint density at radius 1 is 0.512 bits per heavy atom. The zero-order valence-corrected chi connectivity index (χ0v) is 48.4. The quantitative estimate of drug-likeness (QED) is 0.0264. The van der Waals surface area contributed by atoms with E-state index in [-0.39, 0.29) is 18.1 Å². The van der Waals surface area contributed by atoms with Gasteiger partial charge in [0.05, 0.1) is 71.1 Å². The lowest BCUT2D eigenvalue weighted by molar-refractivity contribution is 0.0214. The van der Waals surface area contributed by atoms with Gasteiger partial charge in [0.15, 0.2) is 11.2 Å². The van der Waals surface area contributed by atoms with E-state index in [9.17, 15) is 24.6 Å². The van der Waals surface area contributed by atoms with Gasteiger partial charge in [0, 0.05) is 64.7 Å². The van der Waals surface area contributed by atoms with Gasteiger partial charge in [-0.25, -0.2) is 14.4 Å². The number of aromatic hydroxyl groups is 2. The number of methoxy groups -OCH3 is 1. The largest absolute Gasteiger partial charge is 0.508 e. The van der Waals surface area contributed by atoms with E-state index in [1.165, 1.54) is 24.3 Å². The second-order valence-corrected chi connectivity index (χ2v) is 21.3. The normalized spacial score (nSPS) is 15.2. The number of carbonyl (C=O) groups is 3. The number of rotatable bonds is 23. The number of phenolic OH excluding ortho intramolecular Hbond substituents is 2. The molecule has 20 nitrogen and oxygen atoms in total. The average Bonchev–Trinajstić information content (AvgIpc) is 1.46. The van der Waals surface area contributed by atoms with Crippen molar-refractivity contribution in [2.75, 3.05) is 86.3 Å². The second kappa shape index (κ2) is 26.5. The molecule has 1 atom stereocenters. The molecule has 11 rings (SSSR count). The van der Waals surface area contributed by atoms with Crippen LogP contribution in [0.3, 0.4) is 0 Å². The SMILES string of the molecule is COc1ccc(COc2ccc3c(c2)Oc2cc(C)ccc2C32OC(=O)c3cc(OCCOCCOCCNC(=O)OC(C)(C)C)ccc32)cc1.NCCOCCOCCOc1ccc2c(c1)C(=O)OC21c2ccc(O)cc2Oc2cc(O)ccc21. The molecule has 1 unspecified atom stereocenters. The Labute approximate surface area is 497 Å². The predicted octanol–water partition coefficient (Wildman–Crippen LogP) is 10.1. The summed E-state index contributed by atoms with van der Waals surface area (Å²) in [6.45, 7) is 12.3. The van der Waals surface area contributed by atoms with Crippen molar-refractivity contribution in [1.29, 1.82) is 0 Å². The van der Waals surface area contributed by atoms with Crippen LogP contribution in [-0.2, 0) is 51.0 Å². The van der Waals surface area contributed by atoms with Gasteiger partial charge >= 0.3 is 18.0 Å². The third kappa shape index (κ3) is 13.2. The van der Waals surface area contributed by atoms with Gasteiger partial charge in [-0.05, 0) is 130 Å². The smallest absolute Gasteiger partial charge is 0.407 e. The van der Waals surface area contributed by atoms with Crippen molar-refractivity contribution in [3.8, 4) is 57.5 Å². The Balaban J connectivity index is 0.000000204. The number of hydrogen-bond donors (Lipinski definition) is 4. The Hall–Kier alpha value is -9.05. The Bertz CT molecular complexity index is 3530. The number of phenols is 2. The minimum atomic E-state index is -1.29. The van der Waals surface area contributed by atoms with E-state index in [1.807, 2.05) is 100 Å². The summed E-state index contributed by atoms with van der Waals surface area (Å²) in [6.07, 6.45) is -0.479. The zero-order valence-electron chi connectivity index (χ0n) is 48.4. The van der Waals surface area contributed by atoms with Crippen LogP contribution in [0.4, 0.5) is 4.79 Å². The number of ether oxygens (including phenoxy) is 13. The molecule has 2 spiro atoms. The summed E-state index contributed by atoms with van der Waals surface area (Å²) in [6, 6.07) is 39.1. The molecule has 0 saturated carbocycles. The van der Waals surface area contributed by atoms with Crippen LogP contribution < -0.4 is 39.5 Å². The van der Waals surface area contributed by atoms with Gasteiger partial charge in [0.25, 0.3) is 0 Å². The van der Waals surface area contributed by atoms with Crippen LogP contribution >= 0.6 is 0 Å². The molecule has 0 aliphatic carbocycles. The van der Waals surface area contributed by atoms with Crippen molar-refractivity contribution in [2.45, 2.75) is 51.1 Å². The fraction of sp³-hybridized carbons (Fsp3) is 0.318. The predicted molar refractivity (Wildman–Crippen MR) is 312 cm³/mol. The number of esters is 2. The number of aryl methyl sites for hydroxylation is 1. The van der Waals surface area contributed by atoms with Crippen molar-refractivity contribution in [1.82, 2.24) is 5.32 Å². The lowest BCUT2D eigenvalue weighted by Crippen LogP contribution is -2.34. The molecule has 4 aliphatic heterocycles. The fourth-order valence-electron chi connectivity index (χ4n) is 10.3. The highest BCUT2D eigenvalue weighted by Gasteiger charge is 2.55. The van der Waals surface area contributed by atoms with Crippen LogP contribution in [0.25, 0.3) is 0 Å². The summed E-state index contributed by atoms with van der Waals surface area (Å²) < 4.78 is 74.8. The van der Waals surface area contributed by atoms with Crippen LogP contribution in [-0.4, -0.2) is 120 Å². The minimum Gasteiger partial charge on any atom is -0.508 e. The van der Waals surface area contributed by atoms with Crippen LogP contribution in [0, 0.1) is 6.92 Å². The van der Waals surface area contributed by atoms with E-state index in [0.717, 1.165) is 22.4 Å². The standard InChI is InChI=1S/C40H43NO10.C26H25NO8/c1-26-6-13-33-35(22-26)49-36-24-30(48-25-27-7-9-28(44-5)10-8-27)12-15-34(36)40(33)32-14-11-29(23-31(32)37(42)50-40)47-21-20-46-19-18-45-17-16-41-38(43)51-39(2,3)4;27-7-8-31-9-10-32-11-12-33-18-3-6-20-19(15-18)25(30)35-26(20)21-4-1-16(28)13-23(21)34-24-14-17(29)2-5-22(24)26/h6-15,22-24H,16-21,25H2,1-5H3,(H,41,43);1-6,13-15,28-29H,7-12,27H2. The maximum Gasteiger partial charge on any atom is 0.407 e. The first-order chi connectivity index (χ1) is 41.6. The highest BCUT2D eigenvalue weighted by Crippen LogP contribution is 2.59. The van der Waals surface area contributed by atoms with E-state index in [4.69, 9.17) is 67.3 Å². The van der Waals surface area contributed by atoms with Crippen molar-refractivity contribution in [3.63, 3.8) is 0 Å². The van der Waals surface area contributed by atoms with Gasteiger partial charge in [-0.1, -0.05) is 24.3 Å². The van der Waals surface area contributed by atoms with E-state index in [2.05, 4.69) is 5.32 Å². The molecule has 0 fully saturated rings. The van der Waals surface area contributed by atoms with E-state index >= 15 is 0 Å². The molecule has 86 heavy (non-hydrogen) atoms. The summed E-state index contributed by atoms with van der Waals surface area (Å²) in [5.74, 6) is 3.27. The first kappa shape index (κ1) is 60.1. The summed E-state index contributed by atoms with van der Waals surface area (Å²) in [7, 11) is 1.63. The maximum absolute atomic E-state index is 13.6. The van der Waals surface area contributed by atoms with Crippen molar-refractivity contribution < 1.29 is 86.2 Å². The molecule has 0 bridgehead atoms. The first-order valence-corrected chi connectivity index (χ1v) is 28.1. The highest BCUT2D eigenvalue weighted by atomic mass is 16.6. The molecule has 4 heterocycles. The van der Waals surface area contributed by atoms with Crippen LogP contribution in [0.5, 0.6) is 57.5 Å². The Kier molecular flexibility index (Phi) is 18.5. The zero-order chi connectivity index (χ0) is 60.4.